The zero-order valence-electron chi connectivity index (χ0n) is 11.8. The van der Waals surface area contributed by atoms with Crippen molar-refractivity contribution in [1.29, 1.82) is 0 Å². The maximum absolute atomic E-state index is 11.6. The van der Waals surface area contributed by atoms with Crippen molar-refractivity contribution in [3.05, 3.63) is 47.4 Å². The molecule has 0 spiro atoms. The van der Waals surface area contributed by atoms with Crippen molar-refractivity contribution < 1.29 is 4.79 Å². The van der Waals surface area contributed by atoms with Crippen LogP contribution in [0.1, 0.15) is 21.5 Å². The van der Waals surface area contributed by atoms with E-state index < -0.39 is 5.91 Å². The highest BCUT2D eigenvalue weighted by Crippen LogP contribution is 2.23. The summed E-state index contributed by atoms with van der Waals surface area (Å²) in [6, 6.07) is 5.54. The third-order valence-electron chi connectivity index (χ3n) is 3.54. The molecule has 21 heavy (non-hydrogen) atoms. The van der Waals surface area contributed by atoms with Crippen LogP contribution in [-0.4, -0.2) is 20.4 Å². The second-order valence-electron chi connectivity index (χ2n) is 5.04. The van der Waals surface area contributed by atoms with Gasteiger partial charge in [0.15, 0.2) is 5.82 Å². The third-order valence-corrected chi connectivity index (χ3v) is 3.54. The lowest BCUT2D eigenvalue weighted by Gasteiger charge is -2.09. The Morgan fingerprint density at radius 2 is 1.86 bits per heavy atom. The molecule has 1 aromatic carbocycles. The van der Waals surface area contributed by atoms with Gasteiger partial charge >= 0.3 is 0 Å². The first-order valence-corrected chi connectivity index (χ1v) is 6.47. The van der Waals surface area contributed by atoms with E-state index in [-0.39, 0.29) is 5.56 Å². The monoisotopic (exact) mass is 281 g/mol. The number of fused-ring (bicyclic) bond motifs is 1. The molecule has 3 rings (SSSR count). The average molecular weight is 281 g/mol. The van der Waals surface area contributed by atoms with E-state index in [4.69, 9.17) is 11.5 Å². The lowest BCUT2D eigenvalue weighted by atomic mass is 10.1. The topological polar surface area (TPSA) is 99.8 Å². The molecule has 106 valence electrons. The number of primary amides is 1. The molecule has 6 heteroatoms. The molecule has 0 radical (unpaired) electrons. The van der Waals surface area contributed by atoms with Crippen molar-refractivity contribution >= 4 is 22.6 Å². The number of imidazole rings is 1. The molecule has 0 saturated heterocycles. The Kier molecular flexibility index (Phi) is 2.86. The van der Waals surface area contributed by atoms with Crippen molar-refractivity contribution in [2.75, 3.05) is 5.73 Å². The molecule has 3 aromatic rings. The zero-order chi connectivity index (χ0) is 15.1. The number of benzene rings is 1. The molecular weight excluding hydrogens is 266 g/mol. The fourth-order valence-corrected chi connectivity index (χ4v) is 2.28. The Hall–Kier alpha value is -2.89. The maximum Gasteiger partial charge on any atom is 0.252 e. The number of hydrogen-bond acceptors (Lipinski definition) is 4. The molecule has 1 amide bonds. The Labute approximate surface area is 121 Å². The van der Waals surface area contributed by atoms with Crippen LogP contribution in [0.25, 0.3) is 16.9 Å². The van der Waals surface area contributed by atoms with E-state index in [0.717, 1.165) is 22.2 Å². The molecular formula is C15H15N5O. The molecule has 2 aromatic heterocycles. The highest BCUT2D eigenvalue weighted by atomic mass is 16.1. The van der Waals surface area contributed by atoms with Gasteiger partial charge in [0.1, 0.15) is 6.33 Å². The third kappa shape index (κ3) is 2.10. The summed E-state index contributed by atoms with van der Waals surface area (Å²) < 4.78 is 1.75. The van der Waals surface area contributed by atoms with Gasteiger partial charge in [0, 0.05) is 0 Å². The van der Waals surface area contributed by atoms with Crippen LogP contribution in [0.5, 0.6) is 0 Å². The smallest absolute Gasteiger partial charge is 0.252 e. The van der Waals surface area contributed by atoms with E-state index in [1.807, 2.05) is 26.0 Å². The van der Waals surface area contributed by atoms with Crippen LogP contribution in [0.2, 0.25) is 0 Å². The van der Waals surface area contributed by atoms with Crippen molar-refractivity contribution in [2.24, 2.45) is 5.73 Å². The SMILES string of the molecule is Cc1cc2ncn(-c3ncc(N)cc3C(N)=O)c2cc1C. The molecule has 4 N–H and O–H groups in total. The van der Waals surface area contributed by atoms with Crippen LogP contribution in [0.15, 0.2) is 30.7 Å². The lowest BCUT2D eigenvalue weighted by molar-refractivity contribution is 0.1000. The number of nitrogens with zero attached hydrogens (tertiary/aromatic N) is 3. The van der Waals surface area contributed by atoms with Crippen molar-refractivity contribution in [3.8, 4) is 5.82 Å². The summed E-state index contributed by atoms with van der Waals surface area (Å²) in [6.07, 6.45) is 3.13. The summed E-state index contributed by atoms with van der Waals surface area (Å²) in [5.74, 6) is -0.141. The first kappa shape index (κ1) is 13.1. The van der Waals surface area contributed by atoms with Crippen molar-refractivity contribution in [1.82, 2.24) is 14.5 Å². The van der Waals surface area contributed by atoms with Gasteiger partial charge in [-0.25, -0.2) is 9.97 Å². The Balaban J connectivity index is 2.31. The van der Waals surface area contributed by atoms with E-state index in [1.165, 1.54) is 12.3 Å². The maximum atomic E-state index is 11.6. The highest BCUT2D eigenvalue weighted by Gasteiger charge is 2.15. The van der Waals surface area contributed by atoms with Crippen molar-refractivity contribution in [2.45, 2.75) is 13.8 Å². The standard InChI is InChI=1S/C15H15N5O/c1-8-3-12-13(4-9(8)2)20(7-19-12)15-11(14(17)21)5-10(16)6-18-15/h3-7H,16H2,1-2H3,(H2,17,21). The van der Waals surface area contributed by atoms with Crippen LogP contribution in [-0.2, 0) is 0 Å². The minimum Gasteiger partial charge on any atom is -0.397 e. The van der Waals surface area contributed by atoms with Crippen LogP contribution >= 0.6 is 0 Å². The quantitative estimate of drug-likeness (QED) is 0.746. The van der Waals surface area contributed by atoms with Crippen LogP contribution in [0, 0.1) is 13.8 Å². The molecule has 2 heterocycles. The molecule has 0 aliphatic rings. The van der Waals surface area contributed by atoms with Gasteiger partial charge < -0.3 is 11.5 Å². The van der Waals surface area contributed by atoms with Gasteiger partial charge in [-0.1, -0.05) is 0 Å². The van der Waals surface area contributed by atoms with Gasteiger partial charge in [-0.2, -0.15) is 0 Å². The first-order chi connectivity index (χ1) is 9.97. The number of aromatic nitrogens is 3. The molecule has 0 atom stereocenters. The number of rotatable bonds is 2. The van der Waals surface area contributed by atoms with Gasteiger partial charge in [-0.15, -0.1) is 0 Å². The molecule has 0 aliphatic carbocycles. The number of amides is 1. The summed E-state index contributed by atoms with van der Waals surface area (Å²) in [4.78, 5) is 20.2. The van der Waals surface area contributed by atoms with Crippen LogP contribution in [0.4, 0.5) is 5.69 Å². The molecule has 0 aliphatic heterocycles. The molecule has 0 saturated carbocycles. The summed E-state index contributed by atoms with van der Waals surface area (Å²) in [6.45, 7) is 4.06. The summed E-state index contributed by atoms with van der Waals surface area (Å²) in [5, 5.41) is 0. The average Bonchev–Trinajstić information content (AvgIpc) is 2.82. The Bertz CT molecular complexity index is 866. The number of nitrogen functional groups attached to an aromatic ring is 1. The number of aryl methyl sites for hydroxylation is 2. The van der Waals surface area contributed by atoms with E-state index in [1.54, 1.807) is 10.9 Å². The van der Waals surface area contributed by atoms with Gasteiger partial charge in [-0.3, -0.25) is 9.36 Å². The van der Waals surface area contributed by atoms with Gasteiger partial charge in [0.25, 0.3) is 5.91 Å². The number of nitrogens with two attached hydrogens (primary N) is 2. The van der Waals surface area contributed by atoms with Crippen LogP contribution < -0.4 is 11.5 Å². The van der Waals surface area contributed by atoms with Gasteiger partial charge in [0.05, 0.1) is 28.5 Å². The predicted octanol–water partition coefficient (Wildman–Crippen LogP) is 1.72. The van der Waals surface area contributed by atoms with E-state index in [9.17, 15) is 4.79 Å². The largest absolute Gasteiger partial charge is 0.397 e. The Morgan fingerprint density at radius 3 is 2.57 bits per heavy atom. The number of hydrogen-bond donors (Lipinski definition) is 2. The number of carbonyl (C=O) groups is 1. The van der Waals surface area contributed by atoms with E-state index >= 15 is 0 Å². The molecule has 6 nitrogen and oxygen atoms in total. The first-order valence-electron chi connectivity index (χ1n) is 6.47. The van der Waals surface area contributed by atoms with Gasteiger partial charge in [0.2, 0.25) is 0 Å². The normalized spacial score (nSPS) is 11.0. The lowest BCUT2D eigenvalue weighted by Crippen LogP contribution is -2.16. The molecule has 0 bridgehead atoms. The van der Waals surface area contributed by atoms with Crippen molar-refractivity contribution in [3.63, 3.8) is 0 Å². The van der Waals surface area contributed by atoms with Gasteiger partial charge in [-0.05, 0) is 43.2 Å². The van der Waals surface area contributed by atoms with Crippen LogP contribution in [0.3, 0.4) is 0 Å². The fourth-order valence-electron chi connectivity index (χ4n) is 2.28. The number of anilines is 1. The second kappa shape index (κ2) is 4.59. The molecule has 0 unspecified atom stereocenters. The summed E-state index contributed by atoms with van der Waals surface area (Å²) in [7, 11) is 0. The predicted molar refractivity (Wildman–Crippen MR) is 81.3 cm³/mol. The summed E-state index contributed by atoms with van der Waals surface area (Å²) in [5.41, 5.74) is 15.8. The number of carbonyl (C=O) groups excluding carboxylic acids is 1. The fraction of sp³-hybridized carbons (Fsp3) is 0.133. The summed E-state index contributed by atoms with van der Waals surface area (Å²) >= 11 is 0. The minimum absolute atomic E-state index is 0.271. The second-order valence-corrected chi connectivity index (χ2v) is 5.04. The van der Waals surface area contributed by atoms with E-state index in [0.29, 0.717) is 11.5 Å². The molecule has 0 fully saturated rings. The highest BCUT2D eigenvalue weighted by molar-refractivity contribution is 5.97. The van der Waals surface area contributed by atoms with E-state index in [2.05, 4.69) is 9.97 Å². The minimum atomic E-state index is -0.574. The zero-order valence-corrected chi connectivity index (χ0v) is 11.8. The Morgan fingerprint density at radius 1 is 1.14 bits per heavy atom. The number of pyridine rings is 1.